The minimum atomic E-state index is 0.306. The summed E-state index contributed by atoms with van der Waals surface area (Å²) in [6.45, 7) is 4.95. The van der Waals surface area contributed by atoms with E-state index in [1.807, 2.05) is 0 Å². The second kappa shape index (κ2) is 5.50. The molecule has 0 aliphatic heterocycles. The number of hydrogen-bond acceptors (Lipinski definition) is 2. The first-order chi connectivity index (χ1) is 6.61. The van der Waals surface area contributed by atoms with Gasteiger partial charge in [-0.1, -0.05) is 19.8 Å². The molecule has 0 radical (unpaired) electrons. The first-order valence-corrected chi connectivity index (χ1v) is 5.81. The quantitative estimate of drug-likeness (QED) is 0.690. The second-order valence-electron chi connectivity index (χ2n) is 4.76. The van der Waals surface area contributed by atoms with Crippen LogP contribution >= 0.6 is 0 Å². The molecule has 0 aromatic heterocycles. The van der Waals surface area contributed by atoms with Gasteiger partial charge >= 0.3 is 0 Å². The van der Waals surface area contributed by atoms with Gasteiger partial charge in [0.15, 0.2) is 0 Å². The maximum Gasteiger partial charge on any atom is 0.131 e. The standard InChI is InChI=1S/C12H23NO/c1-10-6-4-5-7-12(10)13(3)9-8-11(2)14/h10,12H,4-9H2,1-3H3. The molecule has 82 valence electrons. The van der Waals surface area contributed by atoms with Crippen LogP contribution in [0.25, 0.3) is 0 Å². The fourth-order valence-electron chi connectivity index (χ4n) is 2.45. The zero-order valence-electron chi connectivity index (χ0n) is 9.75. The summed E-state index contributed by atoms with van der Waals surface area (Å²) in [5, 5.41) is 0. The Hall–Kier alpha value is -0.370. The molecule has 1 aliphatic rings. The second-order valence-corrected chi connectivity index (χ2v) is 4.76. The molecule has 2 atom stereocenters. The summed E-state index contributed by atoms with van der Waals surface area (Å²) in [7, 11) is 2.16. The Morgan fingerprint density at radius 3 is 2.57 bits per heavy atom. The highest BCUT2D eigenvalue weighted by atomic mass is 16.1. The van der Waals surface area contributed by atoms with Crippen LogP contribution in [0.15, 0.2) is 0 Å². The van der Waals surface area contributed by atoms with Crippen LogP contribution < -0.4 is 0 Å². The van der Waals surface area contributed by atoms with Crippen molar-refractivity contribution in [3.05, 3.63) is 0 Å². The van der Waals surface area contributed by atoms with E-state index in [0.717, 1.165) is 12.5 Å². The van der Waals surface area contributed by atoms with Crippen molar-refractivity contribution in [1.82, 2.24) is 4.90 Å². The summed E-state index contributed by atoms with van der Waals surface area (Å²) in [5.74, 6) is 1.11. The van der Waals surface area contributed by atoms with Crippen molar-refractivity contribution in [2.75, 3.05) is 13.6 Å². The highest BCUT2D eigenvalue weighted by molar-refractivity contribution is 5.75. The Kier molecular flexibility index (Phi) is 4.59. The predicted molar refractivity (Wildman–Crippen MR) is 59.3 cm³/mol. The smallest absolute Gasteiger partial charge is 0.131 e. The van der Waals surface area contributed by atoms with E-state index in [0.29, 0.717) is 18.2 Å². The van der Waals surface area contributed by atoms with Gasteiger partial charge in [-0.15, -0.1) is 0 Å². The number of hydrogen-bond donors (Lipinski definition) is 0. The van der Waals surface area contributed by atoms with Crippen LogP contribution in [-0.4, -0.2) is 30.3 Å². The summed E-state index contributed by atoms with van der Waals surface area (Å²) >= 11 is 0. The van der Waals surface area contributed by atoms with Gasteiger partial charge in [0.1, 0.15) is 5.78 Å². The van der Waals surface area contributed by atoms with Crippen molar-refractivity contribution in [2.24, 2.45) is 5.92 Å². The maximum atomic E-state index is 10.9. The zero-order chi connectivity index (χ0) is 10.6. The van der Waals surface area contributed by atoms with Crippen LogP contribution in [0.1, 0.15) is 46.0 Å². The van der Waals surface area contributed by atoms with E-state index in [-0.39, 0.29) is 0 Å². The van der Waals surface area contributed by atoms with Gasteiger partial charge in [-0.25, -0.2) is 0 Å². The van der Waals surface area contributed by atoms with E-state index < -0.39 is 0 Å². The third kappa shape index (κ3) is 3.41. The lowest BCUT2D eigenvalue weighted by Gasteiger charge is -2.36. The van der Waals surface area contributed by atoms with Crippen LogP contribution in [0, 0.1) is 5.92 Å². The average Bonchev–Trinajstić information content (AvgIpc) is 2.15. The van der Waals surface area contributed by atoms with E-state index in [1.165, 1.54) is 25.7 Å². The maximum absolute atomic E-state index is 10.9. The lowest BCUT2D eigenvalue weighted by atomic mass is 9.85. The van der Waals surface area contributed by atoms with Gasteiger partial charge in [0.25, 0.3) is 0 Å². The van der Waals surface area contributed by atoms with Gasteiger partial charge in [-0.2, -0.15) is 0 Å². The van der Waals surface area contributed by atoms with Gasteiger partial charge in [0.05, 0.1) is 0 Å². The van der Waals surface area contributed by atoms with Crippen molar-refractivity contribution >= 4 is 5.78 Å². The molecule has 0 N–H and O–H groups in total. The Morgan fingerprint density at radius 1 is 1.36 bits per heavy atom. The lowest BCUT2D eigenvalue weighted by Crippen LogP contribution is -2.39. The van der Waals surface area contributed by atoms with E-state index in [9.17, 15) is 4.79 Å². The molecule has 0 saturated heterocycles. The number of carbonyl (C=O) groups excluding carboxylic acids is 1. The Morgan fingerprint density at radius 2 is 2.00 bits per heavy atom. The molecule has 0 bridgehead atoms. The topological polar surface area (TPSA) is 20.3 Å². The van der Waals surface area contributed by atoms with Crippen molar-refractivity contribution in [1.29, 1.82) is 0 Å². The van der Waals surface area contributed by atoms with Crippen LogP contribution in [0.5, 0.6) is 0 Å². The molecule has 1 aliphatic carbocycles. The molecule has 2 nitrogen and oxygen atoms in total. The molecular formula is C12H23NO. The number of ketones is 1. The van der Waals surface area contributed by atoms with Crippen molar-refractivity contribution in [3.63, 3.8) is 0 Å². The molecule has 0 heterocycles. The molecule has 1 saturated carbocycles. The van der Waals surface area contributed by atoms with Gasteiger partial charge < -0.3 is 4.90 Å². The minimum absolute atomic E-state index is 0.306. The summed E-state index contributed by atoms with van der Waals surface area (Å²) < 4.78 is 0. The van der Waals surface area contributed by atoms with Gasteiger partial charge in [-0.3, -0.25) is 4.79 Å². The zero-order valence-corrected chi connectivity index (χ0v) is 9.75. The number of carbonyl (C=O) groups is 1. The van der Waals surface area contributed by atoms with Crippen molar-refractivity contribution in [2.45, 2.75) is 52.0 Å². The monoisotopic (exact) mass is 197 g/mol. The molecule has 2 heteroatoms. The normalized spacial score (nSPS) is 28.0. The van der Waals surface area contributed by atoms with Crippen LogP contribution in [-0.2, 0) is 4.79 Å². The van der Waals surface area contributed by atoms with Crippen molar-refractivity contribution < 1.29 is 4.79 Å². The Bertz CT molecular complexity index is 191. The largest absolute Gasteiger partial charge is 0.303 e. The summed E-state index contributed by atoms with van der Waals surface area (Å²) in [6, 6.07) is 0.711. The van der Waals surface area contributed by atoms with Crippen molar-refractivity contribution in [3.8, 4) is 0 Å². The fraction of sp³-hybridized carbons (Fsp3) is 0.917. The molecular weight excluding hydrogens is 174 g/mol. The highest BCUT2D eigenvalue weighted by Crippen LogP contribution is 2.27. The first-order valence-electron chi connectivity index (χ1n) is 5.81. The molecule has 2 unspecified atom stereocenters. The molecule has 0 spiro atoms. The molecule has 1 rings (SSSR count). The minimum Gasteiger partial charge on any atom is -0.303 e. The van der Waals surface area contributed by atoms with Crippen LogP contribution in [0.4, 0.5) is 0 Å². The first kappa shape index (κ1) is 11.7. The summed E-state index contributed by atoms with van der Waals surface area (Å²) in [6.07, 6.45) is 6.13. The van der Waals surface area contributed by atoms with Crippen LogP contribution in [0.2, 0.25) is 0 Å². The van der Waals surface area contributed by atoms with E-state index >= 15 is 0 Å². The van der Waals surface area contributed by atoms with Gasteiger partial charge in [0, 0.05) is 19.0 Å². The average molecular weight is 197 g/mol. The highest BCUT2D eigenvalue weighted by Gasteiger charge is 2.24. The fourth-order valence-corrected chi connectivity index (χ4v) is 2.45. The van der Waals surface area contributed by atoms with Crippen LogP contribution in [0.3, 0.4) is 0 Å². The molecule has 1 fully saturated rings. The number of nitrogens with zero attached hydrogens (tertiary/aromatic N) is 1. The van der Waals surface area contributed by atoms with E-state index in [4.69, 9.17) is 0 Å². The van der Waals surface area contributed by atoms with Gasteiger partial charge in [0.2, 0.25) is 0 Å². The molecule has 0 amide bonds. The number of rotatable bonds is 4. The Labute approximate surface area is 87.7 Å². The third-order valence-electron chi connectivity index (χ3n) is 3.45. The predicted octanol–water partition coefficient (Wildman–Crippen LogP) is 2.48. The third-order valence-corrected chi connectivity index (χ3v) is 3.45. The molecule has 0 aromatic carbocycles. The van der Waals surface area contributed by atoms with E-state index in [1.54, 1.807) is 6.92 Å². The molecule has 14 heavy (non-hydrogen) atoms. The summed E-state index contributed by atoms with van der Waals surface area (Å²) in [4.78, 5) is 13.3. The SMILES string of the molecule is CC(=O)CCN(C)C1CCCCC1C. The summed E-state index contributed by atoms with van der Waals surface area (Å²) in [5.41, 5.74) is 0. The Balaban J connectivity index is 2.34. The number of Topliss-reactive ketones (excluding diaryl/α,β-unsaturated/α-hetero) is 1. The van der Waals surface area contributed by atoms with Gasteiger partial charge in [-0.05, 0) is 32.7 Å². The lowest BCUT2D eigenvalue weighted by molar-refractivity contribution is -0.117. The molecule has 0 aromatic rings. The van der Waals surface area contributed by atoms with E-state index in [2.05, 4.69) is 18.9 Å².